The highest BCUT2D eigenvalue weighted by molar-refractivity contribution is 5.86. The molecule has 0 aliphatic heterocycles. The number of carbonyl (C=O) groups excluding carboxylic acids is 1. The third kappa shape index (κ3) is 4.84. The molecule has 140 valence electrons. The van der Waals surface area contributed by atoms with E-state index in [0.717, 1.165) is 17.4 Å². The van der Waals surface area contributed by atoms with Crippen LogP contribution in [0.1, 0.15) is 38.7 Å². The molecule has 1 aromatic carbocycles. The SMILES string of the molecule is CCCC[C@@H](NC(=O)[C@H](C)Oc1ccc2c(C)cc(=O)oc2c1)C(=O)O. The normalized spacial score (nSPS) is 13.2. The van der Waals surface area contributed by atoms with Gasteiger partial charge in [-0.2, -0.15) is 0 Å². The Hall–Kier alpha value is -2.83. The van der Waals surface area contributed by atoms with Gasteiger partial charge in [-0.15, -0.1) is 0 Å². The van der Waals surface area contributed by atoms with Gasteiger partial charge in [0.25, 0.3) is 5.91 Å². The third-order valence-electron chi connectivity index (χ3n) is 4.07. The van der Waals surface area contributed by atoms with Crippen LogP contribution in [0.5, 0.6) is 5.75 Å². The van der Waals surface area contributed by atoms with Gasteiger partial charge < -0.3 is 19.6 Å². The monoisotopic (exact) mass is 361 g/mol. The number of carboxylic acid groups (broad SMARTS) is 1. The Bertz CT molecular complexity index is 857. The van der Waals surface area contributed by atoms with Crippen molar-refractivity contribution < 1.29 is 23.8 Å². The minimum Gasteiger partial charge on any atom is -0.481 e. The van der Waals surface area contributed by atoms with E-state index in [1.165, 1.54) is 13.0 Å². The number of aliphatic carboxylic acids is 1. The fourth-order valence-corrected chi connectivity index (χ4v) is 2.59. The zero-order valence-corrected chi connectivity index (χ0v) is 15.1. The molecular weight excluding hydrogens is 338 g/mol. The molecule has 2 atom stereocenters. The fraction of sp³-hybridized carbons (Fsp3) is 0.421. The van der Waals surface area contributed by atoms with Gasteiger partial charge in [0.2, 0.25) is 0 Å². The van der Waals surface area contributed by atoms with Gasteiger partial charge in [0, 0.05) is 17.5 Å². The number of carbonyl (C=O) groups is 2. The lowest BCUT2D eigenvalue weighted by Gasteiger charge is -2.19. The lowest BCUT2D eigenvalue weighted by atomic mass is 10.1. The number of hydrogen-bond acceptors (Lipinski definition) is 5. The summed E-state index contributed by atoms with van der Waals surface area (Å²) in [6.45, 7) is 5.29. The van der Waals surface area contributed by atoms with Crippen LogP contribution in [0, 0.1) is 6.92 Å². The number of carboxylic acids is 1. The van der Waals surface area contributed by atoms with Crippen LogP contribution in [0.15, 0.2) is 33.5 Å². The molecule has 1 amide bonds. The van der Waals surface area contributed by atoms with Crippen LogP contribution in [0.2, 0.25) is 0 Å². The molecule has 1 heterocycles. The molecule has 2 N–H and O–H groups in total. The van der Waals surface area contributed by atoms with Crippen LogP contribution in [0.4, 0.5) is 0 Å². The first kappa shape index (κ1) is 19.5. The maximum atomic E-state index is 12.2. The van der Waals surface area contributed by atoms with Crippen LogP contribution in [0.25, 0.3) is 11.0 Å². The highest BCUT2D eigenvalue weighted by Crippen LogP contribution is 2.23. The maximum absolute atomic E-state index is 12.2. The van der Waals surface area contributed by atoms with Gasteiger partial charge >= 0.3 is 11.6 Å². The summed E-state index contributed by atoms with van der Waals surface area (Å²) in [4.78, 5) is 34.9. The number of aryl methyl sites for hydroxylation is 1. The molecule has 0 aliphatic rings. The zero-order chi connectivity index (χ0) is 19.3. The van der Waals surface area contributed by atoms with Crippen molar-refractivity contribution >= 4 is 22.8 Å². The second-order valence-electron chi connectivity index (χ2n) is 6.21. The quantitative estimate of drug-likeness (QED) is 0.700. The summed E-state index contributed by atoms with van der Waals surface area (Å²) in [7, 11) is 0. The number of rotatable bonds is 8. The molecule has 1 aromatic heterocycles. The predicted octanol–water partition coefficient (Wildman–Crippen LogP) is 2.63. The third-order valence-corrected chi connectivity index (χ3v) is 4.07. The van der Waals surface area contributed by atoms with Gasteiger partial charge in [-0.1, -0.05) is 19.8 Å². The lowest BCUT2D eigenvalue weighted by Crippen LogP contribution is -2.46. The topological polar surface area (TPSA) is 106 Å². The highest BCUT2D eigenvalue weighted by atomic mass is 16.5. The van der Waals surface area contributed by atoms with Gasteiger partial charge in [-0.05, 0) is 38.0 Å². The average molecular weight is 361 g/mol. The molecule has 0 fully saturated rings. The summed E-state index contributed by atoms with van der Waals surface area (Å²) < 4.78 is 10.7. The van der Waals surface area contributed by atoms with E-state index in [2.05, 4.69) is 5.32 Å². The van der Waals surface area contributed by atoms with Gasteiger partial charge in [-0.25, -0.2) is 9.59 Å². The van der Waals surface area contributed by atoms with E-state index in [1.807, 2.05) is 6.92 Å². The minimum absolute atomic E-state index is 0.356. The van der Waals surface area contributed by atoms with E-state index in [1.54, 1.807) is 25.1 Å². The maximum Gasteiger partial charge on any atom is 0.336 e. The minimum atomic E-state index is -1.07. The summed E-state index contributed by atoms with van der Waals surface area (Å²) in [6.07, 6.45) is 1.01. The van der Waals surface area contributed by atoms with Crippen molar-refractivity contribution in [3.05, 3.63) is 40.2 Å². The molecule has 7 nitrogen and oxygen atoms in total. The fourth-order valence-electron chi connectivity index (χ4n) is 2.59. The molecule has 0 unspecified atom stereocenters. The molecule has 7 heteroatoms. The number of amides is 1. The van der Waals surface area contributed by atoms with Crippen molar-refractivity contribution in [1.29, 1.82) is 0 Å². The van der Waals surface area contributed by atoms with Crippen molar-refractivity contribution in [2.75, 3.05) is 0 Å². The smallest absolute Gasteiger partial charge is 0.336 e. The molecule has 2 aromatic rings. The van der Waals surface area contributed by atoms with E-state index in [9.17, 15) is 19.5 Å². The van der Waals surface area contributed by atoms with Crippen molar-refractivity contribution in [1.82, 2.24) is 5.32 Å². The van der Waals surface area contributed by atoms with E-state index in [0.29, 0.717) is 24.2 Å². The Morgan fingerprint density at radius 3 is 2.69 bits per heavy atom. The van der Waals surface area contributed by atoms with Gasteiger partial charge in [0.1, 0.15) is 17.4 Å². The molecule has 0 saturated carbocycles. The number of hydrogen-bond donors (Lipinski definition) is 2. The number of nitrogens with one attached hydrogen (secondary N) is 1. The van der Waals surface area contributed by atoms with E-state index in [-0.39, 0.29) is 0 Å². The highest BCUT2D eigenvalue weighted by Gasteiger charge is 2.23. The number of unbranched alkanes of at least 4 members (excludes halogenated alkanes) is 1. The van der Waals surface area contributed by atoms with Crippen LogP contribution < -0.4 is 15.7 Å². The van der Waals surface area contributed by atoms with Crippen molar-refractivity contribution in [2.24, 2.45) is 0 Å². The van der Waals surface area contributed by atoms with Crippen LogP contribution in [-0.2, 0) is 9.59 Å². The standard InChI is InChI=1S/C19H23NO6/c1-4-5-6-15(19(23)24)20-18(22)12(3)25-13-7-8-14-11(2)9-17(21)26-16(14)10-13/h7-10,12,15H,4-6H2,1-3H3,(H,20,22)(H,23,24)/t12-,15+/m0/s1. The van der Waals surface area contributed by atoms with Crippen LogP contribution in [-0.4, -0.2) is 29.1 Å². The summed E-state index contributed by atoms with van der Waals surface area (Å²) >= 11 is 0. The van der Waals surface area contributed by atoms with Crippen molar-refractivity contribution in [3.63, 3.8) is 0 Å². The molecule has 0 saturated heterocycles. The van der Waals surface area contributed by atoms with E-state index in [4.69, 9.17) is 9.15 Å². The zero-order valence-electron chi connectivity index (χ0n) is 15.1. The summed E-state index contributed by atoms with van der Waals surface area (Å²) in [5.41, 5.74) is 0.693. The predicted molar refractivity (Wildman–Crippen MR) is 96.4 cm³/mol. The average Bonchev–Trinajstić information content (AvgIpc) is 2.57. The Balaban J connectivity index is 2.09. The number of fused-ring (bicyclic) bond motifs is 1. The Morgan fingerprint density at radius 1 is 1.31 bits per heavy atom. The van der Waals surface area contributed by atoms with E-state index >= 15 is 0 Å². The largest absolute Gasteiger partial charge is 0.481 e. The van der Waals surface area contributed by atoms with Gasteiger partial charge in [-0.3, -0.25) is 4.79 Å². The van der Waals surface area contributed by atoms with Gasteiger partial charge in [0.05, 0.1) is 0 Å². The Kier molecular flexibility index (Phi) is 6.38. The molecule has 0 spiro atoms. The van der Waals surface area contributed by atoms with Gasteiger partial charge in [0.15, 0.2) is 6.10 Å². The van der Waals surface area contributed by atoms with Crippen LogP contribution in [0.3, 0.4) is 0 Å². The summed E-state index contributed by atoms with van der Waals surface area (Å²) in [5.74, 6) is -1.23. The van der Waals surface area contributed by atoms with Crippen molar-refractivity contribution in [3.8, 4) is 5.75 Å². The molecule has 26 heavy (non-hydrogen) atoms. The van der Waals surface area contributed by atoms with Crippen molar-refractivity contribution in [2.45, 2.75) is 52.2 Å². The first-order valence-corrected chi connectivity index (χ1v) is 8.56. The summed E-state index contributed by atoms with van der Waals surface area (Å²) in [5, 5.41) is 12.5. The van der Waals surface area contributed by atoms with E-state index < -0.39 is 29.6 Å². The molecule has 2 rings (SSSR count). The first-order chi connectivity index (χ1) is 12.3. The lowest BCUT2D eigenvalue weighted by molar-refractivity contribution is -0.143. The second kappa shape index (κ2) is 8.51. The second-order valence-corrected chi connectivity index (χ2v) is 6.21. The first-order valence-electron chi connectivity index (χ1n) is 8.56. The number of benzene rings is 1. The molecule has 0 bridgehead atoms. The summed E-state index contributed by atoms with van der Waals surface area (Å²) in [6, 6.07) is 5.42. The molecular formula is C19H23NO6. The van der Waals surface area contributed by atoms with Crippen LogP contribution >= 0.6 is 0 Å². The number of ether oxygens (including phenoxy) is 1. The Morgan fingerprint density at radius 2 is 2.04 bits per heavy atom. The molecule has 0 aliphatic carbocycles. The molecule has 0 radical (unpaired) electrons. The Labute approximate surface area is 151 Å².